The molecule has 0 N–H and O–H groups in total. The van der Waals surface area contributed by atoms with E-state index in [1.807, 2.05) is 55.5 Å². The van der Waals surface area contributed by atoms with Gasteiger partial charge in [0.25, 0.3) is 0 Å². The monoisotopic (exact) mass is 332 g/mol. The van der Waals surface area contributed by atoms with Crippen LogP contribution in [-0.4, -0.2) is 35.5 Å². The van der Waals surface area contributed by atoms with Crippen molar-refractivity contribution in [3.05, 3.63) is 72.3 Å². The molecule has 0 saturated carbocycles. The fraction of sp³-hybridized carbons (Fsp3) is 0.167. The van der Waals surface area contributed by atoms with Gasteiger partial charge in [0.2, 0.25) is 0 Å². The van der Waals surface area contributed by atoms with Crippen molar-refractivity contribution in [3.63, 3.8) is 0 Å². The van der Waals surface area contributed by atoms with Gasteiger partial charge in [0.1, 0.15) is 24.2 Å². The van der Waals surface area contributed by atoms with Gasteiger partial charge in [0.15, 0.2) is 5.78 Å². The van der Waals surface area contributed by atoms with Crippen molar-refractivity contribution >= 4 is 16.8 Å². The molecule has 2 heterocycles. The topological polar surface area (TPSA) is 78.5 Å². The first-order valence-electron chi connectivity index (χ1n) is 7.96. The van der Waals surface area contributed by atoms with Crippen LogP contribution >= 0.6 is 0 Å². The summed E-state index contributed by atoms with van der Waals surface area (Å²) in [6.07, 6.45) is 2.98. The van der Waals surface area contributed by atoms with Crippen molar-refractivity contribution in [1.29, 1.82) is 0 Å². The van der Waals surface area contributed by atoms with E-state index in [9.17, 15) is 4.79 Å². The minimum atomic E-state index is -0.547. The molecule has 25 heavy (non-hydrogen) atoms. The lowest BCUT2D eigenvalue weighted by molar-refractivity contribution is 0.0901. The Labute approximate surface area is 143 Å². The van der Waals surface area contributed by atoms with Crippen molar-refractivity contribution < 1.29 is 4.79 Å². The van der Waals surface area contributed by atoms with Crippen molar-refractivity contribution in [2.45, 2.75) is 19.5 Å². The fourth-order valence-corrected chi connectivity index (χ4v) is 2.91. The van der Waals surface area contributed by atoms with Gasteiger partial charge in [-0.2, -0.15) is 5.10 Å². The lowest BCUT2D eigenvalue weighted by Crippen LogP contribution is -2.26. The number of benzene rings is 2. The van der Waals surface area contributed by atoms with Crippen LogP contribution in [0.4, 0.5) is 0 Å². The number of fused-ring (bicyclic) bond motifs is 1. The van der Waals surface area contributed by atoms with Crippen LogP contribution in [0.2, 0.25) is 0 Å². The quantitative estimate of drug-likeness (QED) is 0.525. The summed E-state index contributed by atoms with van der Waals surface area (Å²) >= 11 is 0. The Morgan fingerprint density at radius 1 is 1.12 bits per heavy atom. The van der Waals surface area contributed by atoms with Crippen LogP contribution < -0.4 is 0 Å². The molecule has 124 valence electrons. The van der Waals surface area contributed by atoms with E-state index in [0.717, 1.165) is 16.6 Å². The Bertz CT molecular complexity index is 1020. The number of para-hydroxylation sites is 1. The Balaban J connectivity index is 1.75. The molecule has 0 aliphatic carbocycles. The van der Waals surface area contributed by atoms with Gasteiger partial charge in [0, 0.05) is 5.56 Å². The van der Waals surface area contributed by atoms with Gasteiger partial charge < -0.3 is 0 Å². The molecule has 7 heteroatoms. The lowest BCUT2D eigenvalue weighted by Gasteiger charge is -2.17. The van der Waals surface area contributed by atoms with E-state index in [4.69, 9.17) is 0 Å². The fourth-order valence-electron chi connectivity index (χ4n) is 2.91. The van der Waals surface area contributed by atoms with E-state index >= 15 is 0 Å². The first kappa shape index (κ1) is 15.2. The molecule has 0 saturated heterocycles. The van der Waals surface area contributed by atoms with Crippen LogP contribution in [0.3, 0.4) is 0 Å². The highest BCUT2D eigenvalue weighted by Gasteiger charge is 2.25. The maximum Gasteiger partial charge on any atom is 0.189 e. The maximum atomic E-state index is 13.2. The summed E-state index contributed by atoms with van der Waals surface area (Å²) < 4.78 is 3.31. The first-order chi connectivity index (χ1) is 12.2. The predicted molar refractivity (Wildman–Crippen MR) is 92.1 cm³/mol. The van der Waals surface area contributed by atoms with Gasteiger partial charge in [0.05, 0.1) is 12.1 Å². The summed E-state index contributed by atoms with van der Waals surface area (Å²) in [5, 5.41) is 12.5. The molecule has 1 unspecified atom stereocenters. The van der Waals surface area contributed by atoms with E-state index in [2.05, 4.69) is 20.4 Å². The molecule has 2 aromatic carbocycles. The third-order valence-corrected chi connectivity index (χ3v) is 4.24. The molecule has 0 fully saturated rings. The summed E-state index contributed by atoms with van der Waals surface area (Å²) in [7, 11) is 0. The number of carbonyl (C=O) groups excluding carboxylic acids is 1. The van der Waals surface area contributed by atoms with Gasteiger partial charge in [-0.25, -0.2) is 14.3 Å². The average molecular weight is 332 g/mol. The van der Waals surface area contributed by atoms with E-state index < -0.39 is 6.04 Å². The standard InChI is InChI=1S/C18H16N6O/c1-13-6-2-3-7-14(13)18(25)17(24-12-19-11-20-24)10-23-16-9-5-4-8-15(16)21-22-23/h2-9,11-12,17H,10H2,1H3. The second-order valence-corrected chi connectivity index (χ2v) is 5.83. The second-order valence-electron chi connectivity index (χ2n) is 5.83. The van der Waals surface area contributed by atoms with Crippen LogP contribution in [0.1, 0.15) is 22.0 Å². The second kappa shape index (κ2) is 6.27. The summed E-state index contributed by atoms with van der Waals surface area (Å²) in [6, 6.07) is 14.7. The Morgan fingerprint density at radius 3 is 2.72 bits per heavy atom. The Morgan fingerprint density at radius 2 is 1.92 bits per heavy atom. The average Bonchev–Trinajstić information content (AvgIpc) is 3.30. The molecule has 4 rings (SSSR count). The molecule has 4 aromatic rings. The molecule has 2 aromatic heterocycles. The van der Waals surface area contributed by atoms with E-state index in [1.54, 1.807) is 15.7 Å². The van der Waals surface area contributed by atoms with Crippen LogP contribution in [0.25, 0.3) is 11.0 Å². The summed E-state index contributed by atoms with van der Waals surface area (Å²) in [5.41, 5.74) is 3.28. The zero-order valence-corrected chi connectivity index (χ0v) is 13.6. The number of carbonyl (C=O) groups is 1. The van der Waals surface area contributed by atoms with Crippen LogP contribution in [-0.2, 0) is 6.54 Å². The van der Waals surface area contributed by atoms with Gasteiger partial charge in [-0.15, -0.1) is 5.10 Å². The maximum absolute atomic E-state index is 13.2. The normalized spacial score (nSPS) is 12.4. The highest BCUT2D eigenvalue weighted by atomic mass is 16.1. The molecular formula is C18H16N6O. The Kier molecular flexibility index (Phi) is 3.81. The number of aryl methyl sites for hydroxylation is 1. The summed E-state index contributed by atoms with van der Waals surface area (Å²) in [5.74, 6) is -0.0248. The summed E-state index contributed by atoms with van der Waals surface area (Å²) in [6.45, 7) is 2.26. The summed E-state index contributed by atoms with van der Waals surface area (Å²) in [4.78, 5) is 17.2. The minimum Gasteiger partial charge on any atom is -0.292 e. The first-order valence-corrected chi connectivity index (χ1v) is 7.96. The van der Waals surface area contributed by atoms with Crippen LogP contribution in [0.15, 0.2) is 61.2 Å². The molecular weight excluding hydrogens is 316 g/mol. The molecule has 0 radical (unpaired) electrons. The highest BCUT2D eigenvalue weighted by Crippen LogP contribution is 2.20. The number of nitrogens with zero attached hydrogens (tertiary/aromatic N) is 6. The smallest absolute Gasteiger partial charge is 0.189 e. The number of aromatic nitrogens is 6. The molecule has 1 atom stereocenters. The molecule has 0 amide bonds. The third kappa shape index (κ3) is 2.80. The van der Waals surface area contributed by atoms with Crippen molar-refractivity contribution in [1.82, 2.24) is 29.8 Å². The zero-order chi connectivity index (χ0) is 17.2. The van der Waals surface area contributed by atoms with Crippen molar-refractivity contribution in [2.75, 3.05) is 0 Å². The minimum absolute atomic E-state index is 0.0248. The number of hydrogen-bond acceptors (Lipinski definition) is 5. The molecule has 0 aliphatic rings. The molecule has 7 nitrogen and oxygen atoms in total. The molecule has 0 spiro atoms. The molecule has 0 bridgehead atoms. The number of ketones is 1. The van der Waals surface area contributed by atoms with Crippen LogP contribution in [0, 0.1) is 6.92 Å². The van der Waals surface area contributed by atoms with Gasteiger partial charge in [-0.3, -0.25) is 4.79 Å². The molecule has 0 aliphatic heterocycles. The van der Waals surface area contributed by atoms with Gasteiger partial charge in [-0.05, 0) is 24.6 Å². The number of hydrogen-bond donors (Lipinski definition) is 0. The highest BCUT2D eigenvalue weighted by molar-refractivity contribution is 6.00. The third-order valence-electron chi connectivity index (χ3n) is 4.24. The zero-order valence-electron chi connectivity index (χ0n) is 13.6. The van der Waals surface area contributed by atoms with Crippen LogP contribution in [0.5, 0.6) is 0 Å². The largest absolute Gasteiger partial charge is 0.292 e. The van der Waals surface area contributed by atoms with E-state index in [1.165, 1.54) is 6.33 Å². The number of Topliss-reactive ketones (excluding diaryl/α,β-unsaturated/α-hetero) is 1. The number of rotatable bonds is 5. The van der Waals surface area contributed by atoms with Crippen molar-refractivity contribution in [2.24, 2.45) is 0 Å². The lowest BCUT2D eigenvalue weighted by atomic mass is 9.99. The van der Waals surface area contributed by atoms with Crippen molar-refractivity contribution in [3.8, 4) is 0 Å². The van der Waals surface area contributed by atoms with Gasteiger partial charge in [-0.1, -0.05) is 41.6 Å². The predicted octanol–water partition coefficient (Wildman–Crippen LogP) is 2.46. The SMILES string of the molecule is Cc1ccccc1C(=O)C(Cn1nnc2ccccc21)n1cncn1. The van der Waals surface area contributed by atoms with E-state index in [0.29, 0.717) is 12.1 Å². The van der Waals surface area contributed by atoms with Gasteiger partial charge >= 0.3 is 0 Å². The van der Waals surface area contributed by atoms with E-state index in [-0.39, 0.29) is 5.78 Å². The Hall–Kier alpha value is -3.35.